The van der Waals surface area contributed by atoms with Crippen LogP contribution in [0.1, 0.15) is 11.1 Å². The fraction of sp³-hybridized carbons (Fsp3) is 0.111. The molecule has 124 valence electrons. The summed E-state index contributed by atoms with van der Waals surface area (Å²) in [5.74, 6) is 0. The summed E-state index contributed by atoms with van der Waals surface area (Å²) in [5.41, 5.74) is 2.67. The Morgan fingerprint density at radius 1 is 0.636 bits per heavy atom. The second-order valence-electron chi connectivity index (χ2n) is 4.20. The van der Waals surface area contributed by atoms with Crippen LogP contribution in [-0.2, 0) is 46.8 Å². The molecule has 2 aromatic carbocycles. The van der Waals surface area contributed by atoms with Crippen LogP contribution in [0, 0.1) is 0 Å². The minimum atomic E-state index is 0.239. The van der Waals surface area contributed by atoms with Gasteiger partial charge >= 0.3 is 159 Å². The monoisotopic (exact) mass is 516 g/mol. The van der Waals surface area contributed by atoms with Gasteiger partial charge in [-0.05, 0) is 0 Å². The number of rotatable bonds is 6. The fourth-order valence-corrected chi connectivity index (χ4v) is 2.94. The first-order chi connectivity index (χ1) is 10.9. The van der Waals surface area contributed by atoms with Gasteiger partial charge in [0.05, 0.1) is 0 Å². The first kappa shape index (κ1) is 19.9. The molecular formula is C18H18Cl2Pd2. The topological polar surface area (TPSA) is 0 Å². The van der Waals surface area contributed by atoms with Crippen molar-refractivity contribution in [3.63, 3.8) is 0 Å². The predicted octanol–water partition coefficient (Wildman–Crippen LogP) is 5.96. The van der Waals surface area contributed by atoms with E-state index in [4.69, 9.17) is 19.1 Å². The summed E-state index contributed by atoms with van der Waals surface area (Å²) >= 11 is 0.478. The molecule has 0 fully saturated rings. The van der Waals surface area contributed by atoms with Gasteiger partial charge in [-0.25, -0.2) is 0 Å². The molecule has 0 aliphatic carbocycles. The van der Waals surface area contributed by atoms with Gasteiger partial charge in [-0.1, -0.05) is 0 Å². The van der Waals surface area contributed by atoms with Crippen LogP contribution in [0.5, 0.6) is 0 Å². The van der Waals surface area contributed by atoms with Gasteiger partial charge in [0, 0.05) is 0 Å². The maximum absolute atomic E-state index is 5.53. The first-order valence-electron chi connectivity index (χ1n) is 6.62. The molecule has 4 heteroatoms. The van der Waals surface area contributed by atoms with Gasteiger partial charge in [-0.3, -0.25) is 0 Å². The van der Waals surface area contributed by atoms with Gasteiger partial charge in [-0.15, -0.1) is 0 Å². The van der Waals surface area contributed by atoms with Crippen LogP contribution in [0.2, 0.25) is 0 Å². The SMILES string of the molecule is [Cl][Pd][CH]=CCc1ccccc1.[Cl][Pd][CH]=CCc1ccccc1. The second kappa shape index (κ2) is 14.4. The first-order valence-corrected chi connectivity index (χ1v) is 12.4. The molecule has 0 spiro atoms. The molecule has 0 saturated carbocycles. The van der Waals surface area contributed by atoms with E-state index in [-0.39, 0.29) is 33.9 Å². The van der Waals surface area contributed by atoms with Crippen LogP contribution < -0.4 is 0 Å². The maximum atomic E-state index is 5.53. The van der Waals surface area contributed by atoms with Crippen LogP contribution in [-0.4, -0.2) is 0 Å². The van der Waals surface area contributed by atoms with Gasteiger partial charge in [0.15, 0.2) is 0 Å². The van der Waals surface area contributed by atoms with Crippen molar-refractivity contribution in [2.45, 2.75) is 12.8 Å². The Balaban J connectivity index is 0.000000220. The molecule has 0 amide bonds. The minimum absolute atomic E-state index is 0.239. The summed E-state index contributed by atoms with van der Waals surface area (Å²) in [6.07, 6.45) is 6.20. The zero-order chi connectivity index (χ0) is 15.9. The summed E-state index contributed by atoms with van der Waals surface area (Å²) in [6, 6.07) is 20.7. The molecule has 0 atom stereocenters. The molecule has 0 aromatic heterocycles. The van der Waals surface area contributed by atoms with E-state index in [2.05, 4.69) is 36.4 Å². The average molecular weight is 518 g/mol. The molecule has 0 bridgehead atoms. The molecule has 2 rings (SSSR count). The molecule has 0 saturated heterocycles. The van der Waals surface area contributed by atoms with E-state index in [0.717, 1.165) is 12.8 Å². The Morgan fingerprint density at radius 3 is 1.32 bits per heavy atom. The number of hydrogen-bond donors (Lipinski definition) is 0. The van der Waals surface area contributed by atoms with Crippen molar-refractivity contribution in [1.29, 1.82) is 0 Å². The summed E-state index contributed by atoms with van der Waals surface area (Å²) in [5, 5.41) is 0. The van der Waals surface area contributed by atoms with Crippen molar-refractivity contribution in [2.75, 3.05) is 0 Å². The molecule has 22 heavy (non-hydrogen) atoms. The average Bonchev–Trinajstić information content (AvgIpc) is 2.58. The van der Waals surface area contributed by atoms with E-state index in [0.29, 0.717) is 0 Å². The Labute approximate surface area is 157 Å². The summed E-state index contributed by atoms with van der Waals surface area (Å²) < 4.78 is 4.03. The quantitative estimate of drug-likeness (QED) is 0.415. The number of hydrogen-bond acceptors (Lipinski definition) is 0. The van der Waals surface area contributed by atoms with Crippen LogP contribution in [0.4, 0.5) is 0 Å². The molecule has 0 nitrogen and oxygen atoms in total. The van der Waals surface area contributed by atoms with Gasteiger partial charge in [-0.2, -0.15) is 0 Å². The van der Waals surface area contributed by atoms with Crippen molar-refractivity contribution in [3.05, 3.63) is 93.0 Å². The van der Waals surface area contributed by atoms with Gasteiger partial charge < -0.3 is 0 Å². The molecule has 0 radical (unpaired) electrons. The third-order valence-electron chi connectivity index (χ3n) is 2.62. The van der Waals surface area contributed by atoms with Crippen LogP contribution >= 0.6 is 19.1 Å². The Bertz CT molecular complexity index is 488. The van der Waals surface area contributed by atoms with E-state index in [1.165, 1.54) is 11.1 Å². The number of benzene rings is 2. The third-order valence-corrected chi connectivity index (χ3v) is 4.69. The van der Waals surface area contributed by atoms with Crippen molar-refractivity contribution in [1.82, 2.24) is 0 Å². The van der Waals surface area contributed by atoms with Gasteiger partial charge in [0.1, 0.15) is 0 Å². The fourth-order valence-electron chi connectivity index (χ4n) is 1.63. The normalized spacial score (nSPS) is 11.0. The number of allylic oxidation sites excluding steroid dienone is 2. The molecule has 2 aromatic rings. The predicted molar refractivity (Wildman–Crippen MR) is 90.3 cm³/mol. The van der Waals surface area contributed by atoms with E-state index in [9.17, 15) is 0 Å². The van der Waals surface area contributed by atoms with E-state index >= 15 is 0 Å². The Morgan fingerprint density at radius 2 is 1.00 bits per heavy atom. The summed E-state index contributed by atoms with van der Waals surface area (Å²) in [6.45, 7) is 0. The molecule has 0 aliphatic heterocycles. The Hall–Kier alpha value is -0.175. The van der Waals surface area contributed by atoms with Crippen LogP contribution in [0.3, 0.4) is 0 Å². The van der Waals surface area contributed by atoms with Crippen molar-refractivity contribution in [3.8, 4) is 0 Å². The standard InChI is InChI=1S/2C9H9.2ClH.2Pd/c2*1-2-6-9-7-4-3-5-8-9;;;;/h2*1-5,7-8H,6H2;2*1H;;/q;;;;2*+1/p-2. The van der Waals surface area contributed by atoms with Crippen molar-refractivity contribution in [2.24, 2.45) is 0 Å². The zero-order valence-corrected chi connectivity index (χ0v) is 16.5. The van der Waals surface area contributed by atoms with E-state index in [1.54, 1.807) is 0 Å². The summed E-state index contributed by atoms with van der Waals surface area (Å²) in [7, 11) is 11.1. The van der Waals surface area contributed by atoms with E-state index < -0.39 is 0 Å². The van der Waals surface area contributed by atoms with Crippen LogP contribution in [0.15, 0.2) is 81.9 Å². The van der Waals surface area contributed by atoms with Gasteiger partial charge in [0.25, 0.3) is 0 Å². The molecular weight excluding hydrogens is 500 g/mol. The molecule has 0 N–H and O–H groups in total. The molecule has 0 heterocycles. The van der Waals surface area contributed by atoms with Gasteiger partial charge in [0.2, 0.25) is 0 Å². The number of halogens is 2. The second-order valence-corrected chi connectivity index (χ2v) is 7.55. The summed E-state index contributed by atoms with van der Waals surface area (Å²) in [4.78, 5) is 0. The Kier molecular flexibility index (Phi) is 13.0. The van der Waals surface area contributed by atoms with E-state index in [1.807, 2.05) is 45.5 Å². The third kappa shape index (κ3) is 10.5. The van der Waals surface area contributed by atoms with Crippen molar-refractivity contribution < 1.29 is 33.9 Å². The molecule has 0 aliphatic rings. The van der Waals surface area contributed by atoms with Crippen molar-refractivity contribution >= 4 is 19.1 Å². The molecule has 0 unspecified atom stereocenters. The van der Waals surface area contributed by atoms with Crippen LogP contribution in [0.25, 0.3) is 0 Å². The zero-order valence-electron chi connectivity index (χ0n) is 11.9.